The van der Waals surface area contributed by atoms with Gasteiger partial charge in [-0.3, -0.25) is 0 Å². The molecule has 4 heteroatoms. The minimum atomic E-state index is 0. The topological polar surface area (TPSA) is 38.9 Å². The first-order valence-corrected chi connectivity index (χ1v) is 14.7. The molecule has 44 heavy (non-hydrogen) atoms. The van der Waals surface area contributed by atoms with Crippen LogP contribution in [0.3, 0.4) is 0 Å². The number of furan rings is 1. The predicted molar refractivity (Wildman–Crippen MR) is 177 cm³/mol. The molecule has 0 spiro atoms. The Kier molecular flexibility index (Phi) is 9.85. The van der Waals surface area contributed by atoms with Gasteiger partial charge in [-0.05, 0) is 59.0 Å². The Hall–Kier alpha value is -4.37. The average Bonchev–Trinajstić information content (AvgIpc) is 3.41. The molecule has 0 saturated heterocycles. The summed E-state index contributed by atoms with van der Waals surface area (Å²) in [5.41, 5.74) is 9.75. The fourth-order valence-corrected chi connectivity index (χ4v) is 5.33. The van der Waals surface area contributed by atoms with Gasteiger partial charge in [-0.25, -0.2) is 0 Å². The molecule has 7 rings (SSSR count). The molecule has 0 amide bonds. The second kappa shape index (κ2) is 13.9. The van der Waals surface area contributed by atoms with Crippen molar-refractivity contribution in [3.8, 4) is 22.5 Å². The maximum atomic E-state index is 6.11. The summed E-state index contributed by atoms with van der Waals surface area (Å²) in [5.74, 6) is 0. The third kappa shape index (κ3) is 7.58. The van der Waals surface area contributed by atoms with Gasteiger partial charge in [-0.15, -0.1) is 54.1 Å². The maximum Gasteiger partial charge on any atom is 0.120 e. The second-order valence-corrected chi connectivity index (χ2v) is 12.0. The van der Waals surface area contributed by atoms with Crippen LogP contribution in [0.2, 0.25) is 0 Å². The minimum Gasteiger partial charge on any atom is -0.501 e. The number of nitrogens with zero attached hydrogens (tertiary/aromatic N) is 2. The number of para-hydroxylation sites is 1. The van der Waals surface area contributed by atoms with Gasteiger partial charge in [0.25, 0.3) is 0 Å². The fraction of sp³-hybridized carbons (Fsp3) is 0.150. The average molecular weight is 751 g/mol. The summed E-state index contributed by atoms with van der Waals surface area (Å²) in [7, 11) is 0. The Morgan fingerprint density at radius 1 is 0.636 bits per heavy atom. The van der Waals surface area contributed by atoms with Gasteiger partial charge < -0.3 is 14.4 Å². The van der Waals surface area contributed by atoms with E-state index in [1.807, 2.05) is 67.0 Å². The quantitative estimate of drug-likeness (QED) is 0.165. The summed E-state index contributed by atoms with van der Waals surface area (Å²) in [5, 5.41) is 2.25. The molecule has 0 aliphatic rings. The zero-order chi connectivity index (χ0) is 29.6. The van der Waals surface area contributed by atoms with Gasteiger partial charge in [0.15, 0.2) is 0 Å². The number of pyridine rings is 2. The molecule has 0 saturated carbocycles. The van der Waals surface area contributed by atoms with E-state index in [-0.39, 0.29) is 25.5 Å². The Morgan fingerprint density at radius 2 is 1.34 bits per heavy atom. The van der Waals surface area contributed by atoms with Crippen molar-refractivity contribution in [2.45, 2.75) is 33.6 Å². The summed E-state index contributed by atoms with van der Waals surface area (Å²) in [4.78, 5) is 8.99. The summed E-state index contributed by atoms with van der Waals surface area (Å²) < 4.78 is 6.11. The van der Waals surface area contributed by atoms with Crippen molar-refractivity contribution in [1.29, 1.82) is 0 Å². The first kappa shape index (κ1) is 31.1. The normalized spacial score (nSPS) is 11.1. The van der Waals surface area contributed by atoms with Crippen LogP contribution in [0, 0.1) is 17.5 Å². The molecule has 0 fully saturated rings. The zero-order valence-electron chi connectivity index (χ0n) is 25.2. The summed E-state index contributed by atoms with van der Waals surface area (Å²) in [6.45, 7) is 6.75. The molecule has 0 bridgehead atoms. The Balaban J connectivity index is 0.000000175. The van der Waals surface area contributed by atoms with E-state index < -0.39 is 0 Å². The van der Waals surface area contributed by atoms with Crippen molar-refractivity contribution in [3.05, 3.63) is 156 Å². The number of rotatable bonds is 5. The van der Waals surface area contributed by atoms with Crippen molar-refractivity contribution in [3.63, 3.8) is 0 Å². The molecule has 0 atom stereocenters. The molecule has 3 aromatic heterocycles. The van der Waals surface area contributed by atoms with Gasteiger partial charge in [0.05, 0.1) is 5.58 Å². The van der Waals surface area contributed by atoms with E-state index in [0.29, 0.717) is 0 Å². The molecule has 7 aromatic rings. The molecule has 3 nitrogen and oxygen atoms in total. The van der Waals surface area contributed by atoms with E-state index in [2.05, 4.69) is 104 Å². The molecule has 221 valence electrons. The number of fused-ring (bicyclic) bond motifs is 3. The van der Waals surface area contributed by atoms with Gasteiger partial charge >= 0.3 is 0 Å². The van der Waals surface area contributed by atoms with Crippen molar-refractivity contribution in [2.75, 3.05) is 0 Å². The SMILES string of the molecule is CC(C)(C)Cc1ccnc(-c2[c-]ccc3c2oc2ccccc23)c1.[Ir].[c-]1ccccc1-c1cc(Cc2ccccc2)ccn1. The van der Waals surface area contributed by atoms with E-state index in [4.69, 9.17) is 4.42 Å². The molecule has 0 aliphatic carbocycles. The van der Waals surface area contributed by atoms with Gasteiger partial charge in [0.1, 0.15) is 5.58 Å². The van der Waals surface area contributed by atoms with Crippen LogP contribution in [0.25, 0.3) is 44.5 Å². The molecule has 0 unspecified atom stereocenters. The van der Waals surface area contributed by atoms with Crippen molar-refractivity contribution < 1.29 is 24.5 Å². The Bertz CT molecular complexity index is 1960. The number of hydrogen-bond donors (Lipinski definition) is 0. The summed E-state index contributed by atoms with van der Waals surface area (Å²) in [6, 6.07) is 45.5. The number of benzene rings is 4. The van der Waals surface area contributed by atoms with Crippen molar-refractivity contribution in [1.82, 2.24) is 9.97 Å². The molecule has 4 aromatic carbocycles. The van der Waals surface area contributed by atoms with Crippen LogP contribution in [0.1, 0.15) is 37.5 Å². The van der Waals surface area contributed by atoms with E-state index in [1.54, 1.807) is 0 Å². The van der Waals surface area contributed by atoms with Crippen LogP contribution in [-0.4, -0.2) is 9.97 Å². The third-order valence-electron chi connectivity index (χ3n) is 7.21. The molecular weight excluding hydrogens is 717 g/mol. The first-order valence-electron chi connectivity index (χ1n) is 14.7. The van der Waals surface area contributed by atoms with Gasteiger partial charge in [-0.2, -0.15) is 0 Å². The van der Waals surface area contributed by atoms with Gasteiger partial charge in [0, 0.05) is 37.9 Å². The fourth-order valence-electron chi connectivity index (χ4n) is 5.33. The van der Waals surface area contributed by atoms with Gasteiger partial charge in [0.2, 0.25) is 0 Å². The van der Waals surface area contributed by atoms with Crippen LogP contribution in [0.15, 0.2) is 132 Å². The standard InChI is InChI=1S/C22H20NO.C18H14N.Ir/c1-22(2,3)14-15-11-12-23-19(13-15)18-9-6-8-17-16-7-4-5-10-20(16)24-21(17)18;1-3-7-15(8-4-1)13-16-11-12-19-18(14-16)17-9-5-2-6-10-17;/h4-8,10-13H,14H2,1-3H3;1-9,11-12,14H,13H2;/q2*-1;. The number of aromatic nitrogens is 2. The van der Waals surface area contributed by atoms with E-state index in [9.17, 15) is 0 Å². The van der Waals surface area contributed by atoms with Crippen molar-refractivity contribution >= 4 is 21.9 Å². The predicted octanol–water partition coefficient (Wildman–Crippen LogP) is 10.2. The number of hydrogen-bond acceptors (Lipinski definition) is 3. The molecular formula is C40H34IrN2O-2. The van der Waals surface area contributed by atoms with E-state index in [0.717, 1.165) is 57.3 Å². The minimum absolute atomic E-state index is 0. The Labute approximate surface area is 273 Å². The Morgan fingerprint density at radius 3 is 2.11 bits per heavy atom. The smallest absolute Gasteiger partial charge is 0.120 e. The van der Waals surface area contributed by atoms with Crippen LogP contribution >= 0.6 is 0 Å². The van der Waals surface area contributed by atoms with Crippen LogP contribution in [0.4, 0.5) is 0 Å². The zero-order valence-corrected chi connectivity index (χ0v) is 27.6. The van der Waals surface area contributed by atoms with E-state index >= 15 is 0 Å². The maximum absolute atomic E-state index is 6.11. The largest absolute Gasteiger partial charge is 0.501 e. The molecule has 1 radical (unpaired) electrons. The second-order valence-electron chi connectivity index (χ2n) is 12.0. The first-order chi connectivity index (χ1) is 20.9. The van der Waals surface area contributed by atoms with Crippen LogP contribution in [-0.2, 0) is 32.9 Å². The van der Waals surface area contributed by atoms with Crippen LogP contribution in [0.5, 0.6) is 0 Å². The molecule has 0 N–H and O–H groups in total. The third-order valence-corrected chi connectivity index (χ3v) is 7.21. The monoisotopic (exact) mass is 751 g/mol. The van der Waals surface area contributed by atoms with Crippen molar-refractivity contribution in [2.24, 2.45) is 5.41 Å². The van der Waals surface area contributed by atoms with Crippen LogP contribution < -0.4 is 0 Å². The summed E-state index contributed by atoms with van der Waals surface area (Å²) in [6.07, 6.45) is 5.70. The molecule has 0 aliphatic heterocycles. The summed E-state index contributed by atoms with van der Waals surface area (Å²) >= 11 is 0. The van der Waals surface area contributed by atoms with Gasteiger partial charge in [-0.1, -0.05) is 97.9 Å². The van der Waals surface area contributed by atoms with E-state index in [1.165, 1.54) is 16.7 Å². The molecule has 3 heterocycles.